The zero-order chi connectivity index (χ0) is 23.2. The largest absolute Gasteiger partial charge is 0.454 e. The molecule has 2 aliphatic heterocycles. The van der Waals surface area contributed by atoms with Crippen LogP contribution in [0, 0.1) is 0 Å². The Morgan fingerprint density at radius 3 is 2.38 bits per heavy atom. The van der Waals surface area contributed by atoms with Crippen LogP contribution in [0.25, 0.3) is 0 Å². The van der Waals surface area contributed by atoms with Gasteiger partial charge >= 0.3 is 0 Å². The van der Waals surface area contributed by atoms with Crippen LogP contribution in [0.2, 0.25) is 0 Å². The molecule has 6 nitrogen and oxygen atoms in total. The van der Waals surface area contributed by atoms with E-state index in [0.717, 1.165) is 46.1 Å². The molecule has 6 rings (SSSR count). The summed E-state index contributed by atoms with van der Waals surface area (Å²) in [5.74, 6) is 1.76. The summed E-state index contributed by atoms with van der Waals surface area (Å²) < 4.78 is 11.1. The Labute approximate surface area is 199 Å². The van der Waals surface area contributed by atoms with Crippen molar-refractivity contribution in [2.75, 3.05) is 36.4 Å². The van der Waals surface area contributed by atoms with Crippen LogP contribution in [0.5, 0.6) is 11.5 Å². The average Bonchev–Trinajstić information content (AvgIpc) is 3.24. The first-order chi connectivity index (χ1) is 16.6. The average molecular weight is 454 g/mol. The number of nitrogens with zero attached hydrogens (tertiary/aromatic N) is 1. The monoisotopic (exact) mass is 453 g/mol. The summed E-state index contributed by atoms with van der Waals surface area (Å²) in [7, 11) is 4.07. The molecular weight excluding hydrogens is 426 g/mol. The lowest BCUT2D eigenvalue weighted by Crippen LogP contribution is -2.26. The van der Waals surface area contributed by atoms with E-state index in [2.05, 4.69) is 45.9 Å². The molecule has 1 aliphatic carbocycles. The smallest absolute Gasteiger partial charge is 0.231 e. The van der Waals surface area contributed by atoms with Crippen LogP contribution in [0.1, 0.15) is 35.9 Å². The van der Waals surface area contributed by atoms with Crippen LogP contribution in [0.4, 0.5) is 17.1 Å². The first kappa shape index (κ1) is 20.7. The van der Waals surface area contributed by atoms with Crippen molar-refractivity contribution in [3.63, 3.8) is 0 Å². The lowest BCUT2D eigenvalue weighted by atomic mass is 9.78. The van der Waals surface area contributed by atoms with E-state index < -0.39 is 0 Å². The third-order valence-electron chi connectivity index (χ3n) is 6.92. The predicted molar refractivity (Wildman–Crippen MR) is 134 cm³/mol. The molecule has 2 unspecified atom stereocenters. The summed E-state index contributed by atoms with van der Waals surface area (Å²) >= 11 is 0. The van der Waals surface area contributed by atoms with Gasteiger partial charge in [-0.1, -0.05) is 30.3 Å². The molecule has 0 fully saturated rings. The standard InChI is InChI=1S/C28H27N3O3/c1-31(2)20-10-7-17(8-11-20)19-13-23-27(24(32)14-19)28(30-22-6-4-3-5-21(22)29-23)18-9-12-25-26(15-18)34-16-33-25/h3-12,15,19,28-30H,13-14,16H2,1-2H3. The molecule has 3 aromatic carbocycles. The van der Waals surface area contributed by atoms with Crippen molar-refractivity contribution in [1.82, 2.24) is 0 Å². The Hall–Kier alpha value is -3.93. The molecule has 3 aromatic rings. The second kappa shape index (κ2) is 8.13. The van der Waals surface area contributed by atoms with E-state index in [-0.39, 0.29) is 24.5 Å². The molecule has 0 bridgehead atoms. The number of benzene rings is 3. The van der Waals surface area contributed by atoms with Crippen LogP contribution < -0.4 is 25.0 Å². The zero-order valence-electron chi connectivity index (χ0n) is 19.3. The second-order valence-electron chi connectivity index (χ2n) is 9.27. The fourth-order valence-corrected chi connectivity index (χ4v) is 5.12. The highest BCUT2D eigenvalue weighted by molar-refractivity contribution is 6.01. The summed E-state index contributed by atoms with van der Waals surface area (Å²) in [6.07, 6.45) is 1.26. The van der Waals surface area contributed by atoms with Crippen molar-refractivity contribution in [2.45, 2.75) is 24.8 Å². The van der Waals surface area contributed by atoms with Gasteiger partial charge in [-0.15, -0.1) is 0 Å². The molecule has 0 saturated carbocycles. The van der Waals surface area contributed by atoms with E-state index >= 15 is 0 Å². The third-order valence-corrected chi connectivity index (χ3v) is 6.92. The van der Waals surface area contributed by atoms with E-state index in [1.54, 1.807) is 0 Å². The van der Waals surface area contributed by atoms with Crippen molar-refractivity contribution >= 4 is 22.8 Å². The number of carbonyl (C=O) groups is 1. The number of hydrogen-bond donors (Lipinski definition) is 2. The Balaban J connectivity index is 1.41. The van der Waals surface area contributed by atoms with Gasteiger partial charge in [0.1, 0.15) is 0 Å². The Kier molecular flexibility index (Phi) is 4.94. The highest BCUT2D eigenvalue weighted by Crippen LogP contribution is 2.45. The highest BCUT2D eigenvalue weighted by Gasteiger charge is 2.36. The minimum Gasteiger partial charge on any atom is -0.454 e. The lowest BCUT2D eigenvalue weighted by molar-refractivity contribution is -0.116. The number of Topliss-reactive ketones (excluding diaryl/α,β-unsaturated/α-hetero) is 1. The number of ketones is 1. The van der Waals surface area contributed by atoms with E-state index in [1.165, 1.54) is 5.56 Å². The van der Waals surface area contributed by atoms with E-state index in [0.29, 0.717) is 12.2 Å². The zero-order valence-corrected chi connectivity index (χ0v) is 19.3. The highest BCUT2D eigenvalue weighted by atomic mass is 16.7. The van der Waals surface area contributed by atoms with Crippen molar-refractivity contribution in [3.8, 4) is 11.5 Å². The molecule has 0 spiro atoms. The molecule has 3 aliphatic rings. The van der Waals surface area contributed by atoms with Crippen LogP contribution in [0.15, 0.2) is 78.0 Å². The van der Waals surface area contributed by atoms with Crippen molar-refractivity contribution in [1.29, 1.82) is 0 Å². The quantitative estimate of drug-likeness (QED) is 0.549. The van der Waals surface area contributed by atoms with Crippen molar-refractivity contribution < 1.29 is 14.3 Å². The number of anilines is 3. The normalized spacial score (nSPS) is 20.6. The topological polar surface area (TPSA) is 62.8 Å². The maximum Gasteiger partial charge on any atom is 0.231 e. The second-order valence-corrected chi connectivity index (χ2v) is 9.27. The number of hydrogen-bond acceptors (Lipinski definition) is 6. The molecular formula is C28H27N3O3. The molecule has 2 heterocycles. The van der Waals surface area contributed by atoms with Gasteiger partial charge in [0.05, 0.1) is 17.4 Å². The van der Waals surface area contributed by atoms with Crippen LogP contribution in [-0.4, -0.2) is 26.7 Å². The molecule has 2 N–H and O–H groups in total. The number of fused-ring (bicyclic) bond motifs is 2. The van der Waals surface area contributed by atoms with E-state index in [9.17, 15) is 4.79 Å². The number of ether oxygens (including phenoxy) is 2. The molecule has 0 amide bonds. The maximum absolute atomic E-state index is 13.7. The number of carbonyl (C=O) groups excluding carboxylic acids is 1. The fourth-order valence-electron chi connectivity index (χ4n) is 5.12. The number of nitrogens with one attached hydrogen (secondary N) is 2. The third kappa shape index (κ3) is 3.55. The molecule has 2 atom stereocenters. The van der Waals surface area contributed by atoms with Gasteiger partial charge in [0, 0.05) is 37.5 Å². The molecule has 0 saturated heterocycles. The Bertz CT molecular complexity index is 1300. The number of allylic oxidation sites excluding steroid dienone is 1. The molecule has 172 valence electrons. The molecule has 0 radical (unpaired) electrons. The SMILES string of the molecule is CN(C)c1ccc(C2CC(=O)C3=C(C2)Nc2ccccc2NC3c2ccc3c(c2)OCO3)cc1. The minimum absolute atomic E-state index is 0.137. The minimum atomic E-state index is -0.273. The van der Waals surface area contributed by atoms with Crippen LogP contribution >= 0.6 is 0 Å². The van der Waals surface area contributed by atoms with E-state index in [4.69, 9.17) is 9.47 Å². The Morgan fingerprint density at radius 2 is 1.59 bits per heavy atom. The fraction of sp³-hybridized carbons (Fsp3) is 0.250. The molecule has 6 heteroatoms. The van der Waals surface area contributed by atoms with Gasteiger partial charge in [0.2, 0.25) is 6.79 Å². The van der Waals surface area contributed by atoms with Crippen molar-refractivity contribution in [3.05, 3.63) is 89.1 Å². The Morgan fingerprint density at radius 1 is 0.853 bits per heavy atom. The van der Waals surface area contributed by atoms with Gasteiger partial charge in [-0.05, 0) is 59.9 Å². The van der Waals surface area contributed by atoms with Gasteiger partial charge in [0.15, 0.2) is 17.3 Å². The van der Waals surface area contributed by atoms with Gasteiger partial charge < -0.3 is 25.0 Å². The van der Waals surface area contributed by atoms with Gasteiger partial charge in [0.25, 0.3) is 0 Å². The summed E-state index contributed by atoms with van der Waals surface area (Å²) in [4.78, 5) is 15.8. The predicted octanol–water partition coefficient (Wildman–Crippen LogP) is 5.46. The van der Waals surface area contributed by atoms with Gasteiger partial charge in [-0.2, -0.15) is 0 Å². The summed E-state index contributed by atoms with van der Waals surface area (Å²) in [5, 5.41) is 7.23. The maximum atomic E-state index is 13.7. The first-order valence-electron chi connectivity index (χ1n) is 11.6. The van der Waals surface area contributed by atoms with Crippen LogP contribution in [-0.2, 0) is 4.79 Å². The van der Waals surface area contributed by atoms with E-state index in [1.807, 2.05) is 50.5 Å². The first-order valence-corrected chi connectivity index (χ1v) is 11.6. The lowest BCUT2D eigenvalue weighted by Gasteiger charge is -2.30. The van der Waals surface area contributed by atoms with Crippen LogP contribution in [0.3, 0.4) is 0 Å². The number of rotatable bonds is 3. The summed E-state index contributed by atoms with van der Waals surface area (Å²) in [5.41, 5.74) is 7.07. The van der Waals surface area contributed by atoms with Gasteiger partial charge in [-0.3, -0.25) is 4.79 Å². The molecule has 34 heavy (non-hydrogen) atoms. The summed E-state index contributed by atoms with van der Waals surface area (Å²) in [6.45, 7) is 0.225. The van der Waals surface area contributed by atoms with Crippen molar-refractivity contribution in [2.24, 2.45) is 0 Å². The summed E-state index contributed by atoms with van der Waals surface area (Å²) in [6, 6.07) is 22.3. The number of para-hydroxylation sites is 2. The van der Waals surface area contributed by atoms with Gasteiger partial charge in [-0.25, -0.2) is 0 Å². The molecule has 0 aromatic heterocycles.